The van der Waals surface area contributed by atoms with Gasteiger partial charge in [-0.1, -0.05) is 43.9 Å². The highest BCUT2D eigenvalue weighted by atomic mass is 35.5. The molecule has 0 aliphatic heterocycles. The van der Waals surface area contributed by atoms with Gasteiger partial charge in [0.15, 0.2) is 0 Å². The van der Waals surface area contributed by atoms with E-state index < -0.39 is 0 Å². The van der Waals surface area contributed by atoms with Crippen LogP contribution in [-0.4, -0.2) is 20.1 Å². The van der Waals surface area contributed by atoms with E-state index in [2.05, 4.69) is 23.2 Å². The van der Waals surface area contributed by atoms with E-state index in [9.17, 15) is 0 Å². The maximum absolute atomic E-state index is 6.32. The van der Waals surface area contributed by atoms with Crippen LogP contribution < -0.4 is 10.2 Å². The topological polar surface area (TPSA) is 15.3 Å². The molecular weight excluding hydrogens is 256 g/mol. The first kappa shape index (κ1) is 14.5. The van der Waals surface area contributed by atoms with E-state index in [0.29, 0.717) is 6.04 Å². The summed E-state index contributed by atoms with van der Waals surface area (Å²) in [6.07, 6.45) is 6.60. The number of nitrogens with zero attached hydrogens (tertiary/aromatic N) is 1. The molecule has 1 aromatic rings. The van der Waals surface area contributed by atoms with E-state index in [4.69, 9.17) is 11.6 Å². The van der Waals surface area contributed by atoms with Crippen LogP contribution in [0.25, 0.3) is 0 Å². The number of para-hydroxylation sites is 1. The second kappa shape index (κ2) is 6.51. The summed E-state index contributed by atoms with van der Waals surface area (Å²) in [7, 11) is 4.09. The van der Waals surface area contributed by atoms with Gasteiger partial charge >= 0.3 is 0 Å². The zero-order chi connectivity index (χ0) is 13.8. The first-order valence-corrected chi connectivity index (χ1v) is 7.72. The molecule has 19 heavy (non-hydrogen) atoms. The summed E-state index contributed by atoms with van der Waals surface area (Å²) in [5.74, 6) is 0.883. The van der Waals surface area contributed by atoms with E-state index in [1.165, 1.54) is 37.8 Å². The Labute approximate surface area is 122 Å². The van der Waals surface area contributed by atoms with Crippen molar-refractivity contribution in [1.29, 1.82) is 0 Å². The van der Waals surface area contributed by atoms with Crippen molar-refractivity contribution in [3.05, 3.63) is 23.2 Å². The molecule has 0 aromatic heterocycles. The summed E-state index contributed by atoms with van der Waals surface area (Å²) in [5.41, 5.74) is 2.27. The minimum Gasteiger partial charge on any atom is -0.381 e. The van der Waals surface area contributed by atoms with Crippen LogP contribution in [0.4, 0.5) is 11.4 Å². The average Bonchev–Trinajstić information content (AvgIpc) is 2.38. The number of nitrogens with one attached hydrogen (secondary N) is 1. The smallest absolute Gasteiger partial charge is 0.0786 e. The summed E-state index contributed by atoms with van der Waals surface area (Å²) in [4.78, 5) is 2.09. The lowest BCUT2D eigenvalue weighted by Gasteiger charge is -2.31. The van der Waals surface area contributed by atoms with Crippen LogP contribution in [0.1, 0.15) is 39.0 Å². The molecule has 1 aliphatic rings. The highest BCUT2D eigenvalue weighted by Crippen LogP contribution is 2.35. The molecule has 1 N–H and O–H groups in total. The number of halogens is 1. The van der Waals surface area contributed by atoms with Crippen LogP contribution in [-0.2, 0) is 0 Å². The van der Waals surface area contributed by atoms with Gasteiger partial charge in [0.1, 0.15) is 0 Å². The first-order valence-electron chi connectivity index (χ1n) is 7.34. The summed E-state index contributed by atoms with van der Waals surface area (Å²) in [5, 5.41) is 4.53. The Morgan fingerprint density at radius 1 is 1.32 bits per heavy atom. The van der Waals surface area contributed by atoms with Gasteiger partial charge < -0.3 is 10.2 Å². The van der Waals surface area contributed by atoms with Gasteiger partial charge in [-0.15, -0.1) is 0 Å². The van der Waals surface area contributed by atoms with Crippen molar-refractivity contribution in [1.82, 2.24) is 0 Å². The summed E-state index contributed by atoms with van der Waals surface area (Å²) < 4.78 is 0. The molecule has 2 atom stereocenters. The Bertz CT molecular complexity index is 417. The summed E-state index contributed by atoms with van der Waals surface area (Å²) in [6, 6.07) is 6.71. The van der Waals surface area contributed by atoms with Gasteiger partial charge in [0.25, 0.3) is 0 Å². The molecule has 2 rings (SSSR count). The van der Waals surface area contributed by atoms with E-state index in [0.717, 1.165) is 16.6 Å². The highest BCUT2D eigenvalue weighted by Gasteiger charge is 2.21. The summed E-state index contributed by atoms with van der Waals surface area (Å²) in [6.45, 7) is 2.30. The minimum absolute atomic E-state index is 0.593. The molecule has 1 saturated carbocycles. The molecule has 2 unspecified atom stereocenters. The third kappa shape index (κ3) is 3.56. The van der Waals surface area contributed by atoms with Crippen LogP contribution in [0.3, 0.4) is 0 Å². The van der Waals surface area contributed by atoms with Gasteiger partial charge in [0.2, 0.25) is 0 Å². The maximum atomic E-state index is 6.32. The monoisotopic (exact) mass is 280 g/mol. The molecule has 2 nitrogen and oxygen atoms in total. The predicted molar refractivity (Wildman–Crippen MR) is 85.4 cm³/mol. The fraction of sp³-hybridized carbons (Fsp3) is 0.625. The lowest BCUT2D eigenvalue weighted by Crippen LogP contribution is -2.28. The lowest BCUT2D eigenvalue weighted by molar-refractivity contribution is 0.327. The van der Waals surface area contributed by atoms with Crippen LogP contribution in [0.5, 0.6) is 0 Å². The second-order valence-electron chi connectivity index (χ2n) is 5.81. The molecule has 1 aliphatic carbocycles. The molecular formula is C16H25ClN2. The number of hydrogen-bond donors (Lipinski definition) is 1. The zero-order valence-corrected chi connectivity index (χ0v) is 13.0. The van der Waals surface area contributed by atoms with Crippen molar-refractivity contribution in [2.24, 2.45) is 5.92 Å². The highest BCUT2D eigenvalue weighted by molar-refractivity contribution is 6.34. The van der Waals surface area contributed by atoms with E-state index in [-0.39, 0.29) is 0 Å². The first-order chi connectivity index (χ1) is 9.11. The molecule has 0 saturated heterocycles. The van der Waals surface area contributed by atoms with Gasteiger partial charge in [0, 0.05) is 20.1 Å². The quantitative estimate of drug-likeness (QED) is 0.853. The van der Waals surface area contributed by atoms with Gasteiger partial charge in [-0.25, -0.2) is 0 Å². The molecule has 106 valence electrons. The fourth-order valence-corrected chi connectivity index (χ4v) is 3.44. The van der Waals surface area contributed by atoms with Gasteiger partial charge in [0.05, 0.1) is 16.4 Å². The SMILES string of the molecule is CCC1CCCC(Nc2cccc(Cl)c2N(C)C)C1. The Hall–Kier alpha value is -0.890. The van der Waals surface area contributed by atoms with Crippen molar-refractivity contribution in [2.45, 2.75) is 45.1 Å². The molecule has 3 heteroatoms. The van der Waals surface area contributed by atoms with Gasteiger partial charge in [-0.2, -0.15) is 0 Å². The second-order valence-corrected chi connectivity index (χ2v) is 6.22. The molecule has 1 fully saturated rings. The van der Waals surface area contributed by atoms with E-state index in [1.54, 1.807) is 0 Å². The number of anilines is 2. The van der Waals surface area contributed by atoms with E-state index >= 15 is 0 Å². The maximum Gasteiger partial charge on any atom is 0.0786 e. The third-order valence-corrected chi connectivity index (χ3v) is 4.46. The van der Waals surface area contributed by atoms with Crippen molar-refractivity contribution >= 4 is 23.0 Å². The zero-order valence-electron chi connectivity index (χ0n) is 12.2. The number of benzene rings is 1. The van der Waals surface area contributed by atoms with Crippen molar-refractivity contribution in [3.63, 3.8) is 0 Å². The summed E-state index contributed by atoms with van der Waals surface area (Å²) >= 11 is 6.32. The lowest BCUT2D eigenvalue weighted by atomic mass is 9.84. The van der Waals surface area contributed by atoms with Crippen molar-refractivity contribution < 1.29 is 0 Å². The van der Waals surface area contributed by atoms with E-state index in [1.807, 2.05) is 26.2 Å². The number of hydrogen-bond acceptors (Lipinski definition) is 2. The van der Waals surface area contributed by atoms with Crippen LogP contribution in [0, 0.1) is 5.92 Å². The largest absolute Gasteiger partial charge is 0.381 e. The molecule has 0 heterocycles. The Morgan fingerprint density at radius 2 is 2.11 bits per heavy atom. The number of rotatable bonds is 4. The van der Waals surface area contributed by atoms with Crippen LogP contribution >= 0.6 is 11.6 Å². The fourth-order valence-electron chi connectivity index (χ4n) is 3.10. The van der Waals surface area contributed by atoms with Crippen LogP contribution in [0.15, 0.2) is 18.2 Å². The molecule has 0 bridgehead atoms. The predicted octanol–water partition coefficient (Wildman–Crippen LogP) is 4.79. The molecule has 1 aromatic carbocycles. The van der Waals surface area contributed by atoms with Crippen molar-refractivity contribution in [3.8, 4) is 0 Å². The standard InChI is InChI=1S/C16H25ClN2/c1-4-12-7-5-8-13(11-12)18-15-10-6-9-14(17)16(15)19(2)3/h6,9-10,12-13,18H,4-5,7-8,11H2,1-3H3. The minimum atomic E-state index is 0.593. The van der Waals surface area contributed by atoms with Crippen molar-refractivity contribution in [2.75, 3.05) is 24.3 Å². The Kier molecular flexibility index (Phi) is 4.98. The normalized spacial score (nSPS) is 23.2. The van der Waals surface area contributed by atoms with Gasteiger partial charge in [-0.05, 0) is 30.9 Å². The molecule has 0 radical (unpaired) electrons. The molecule has 0 spiro atoms. The average molecular weight is 281 g/mol. The molecule has 0 amide bonds. The van der Waals surface area contributed by atoms with Crippen LogP contribution in [0.2, 0.25) is 5.02 Å². The van der Waals surface area contributed by atoms with Gasteiger partial charge in [-0.3, -0.25) is 0 Å². The Morgan fingerprint density at radius 3 is 2.79 bits per heavy atom. The third-order valence-electron chi connectivity index (χ3n) is 4.15. The Balaban J connectivity index is 2.12.